The summed E-state index contributed by atoms with van der Waals surface area (Å²) in [5.41, 5.74) is 1.08. The van der Waals surface area contributed by atoms with Crippen molar-refractivity contribution < 1.29 is 14.7 Å². The van der Waals surface area contributed by atoms with Crippen molar-refractivity contribution in [3.05, 3.63) is 0 Å². The van der Waals surface area contributed by atoms with E-state index in [0.29, 0.717) is 23.8 Å². The molecule has 0 heterocycles. The van der Waals surface area contributed by atoms with Crippen molar-refractivity contribution in [2.24, 2.45) is 40.4 Å². The van der Waals surface area contributed by atoms with E-state index in [0.717, 1.165) is 42.4 Å². The zero-order chi connectivity index (χ0) is 23.6. The lowest BCUT2D eigenvalue weighted by Crippen LogP contribution is -2.52. The summed E-state index contributed by atoms with van der Waals surface area (Å²) in [5.74, 6) is 3.61. The molecule has 0 spiro atoms. The van der Waals surface area contributed by atoms with Crippen molar-refractivity contribution >= 4 is 11.9 Å². The minimum atomic E-state index is -0.909. The second-order valence-electron chi connectivity index (χ2n) is 12.4. The molecule has 188 valence electrons. The van der Waals surface area contributed by atoms with Gasteiger partial charge in [-0.25, -0.2) is 0 Å². The summed E-state index contributed by atoms with van der Waals surface area (Å²) < 4.78 is 0. The van der Waals surface area contributed by atoms with E-state index >= 15 is 0 Å². The number of carbonyl (C=O) groups is 2. The minimum absolute atomic E-state index is 0.00823. The second-order valence-corrected chi connectivity index (χ2v) is 12.4. The van der Waals surface area contributed by atoms with Gasteiger partial charge in [-0.1, -0.05) is 33.6 Å². The fourth-order valence-corrected chi connectivity index (χ4v) is 9.18. The highest BCUT2D eigenvalue weighted by Crippen LogP contribution is 2.67. The van der Waals surface area contributed by atoms with Crippen molar-refractivity contribution in [1.29, 1.82) is 0 Å². The van der Waals surface area contributed by atoms with Gasteiger partial charge in [0.25, 0.3) is 0 Å². The van der Waals surface area contributed by atoms with Crippen molar-refractivity contribution in [3.8, 4) is 0 Å². The topological polar surface area (TPSA) is 78.4 Å². The van der Waals surface area contributed by atoms with E-state index in [4.69, 9.17) is 0 Å². The van der Waals surface area contributed by atoms with E-state index in [1.165, 1.54) is 64.2 Å². The average Bonchev–Trinajstić information content (AvgIpc) is 3.12. The Morgan fingerprint density at radius 1 is 0.970 bits per heavy atom. The molecular formula is C28H48N2O3. The minimum Gasteiger partial charge on any atom is -0.480 e. The van der Waals surface area contributed by atoms with Gasteiger partial charge in [0.2, 0.25) is 5.91 Å². The Bertz CT molecular complexity index is 711. The van der Waals surface area contributed by atoms with Gasteiger partial charge in [0.1, 0.15) is 6.04 Å². The van der Waals surface area contributed by atoms with Gasteiger partial charge in [0.05, 0.1) is 0 Å². The van der Waals surface area contributed by atoms with E-state index in [-0.39, 0.29) is 12.5 Å². The molecular weight excluding hydrogens is 412 g/mol. The molecule has 8 atom stereocenters. The molecule has 0 aromatic carbocycles. The summed E-state index contributed by atoms with van der Waals surface area (Å²) in [4.78, 5) is 23.6. The summed E-state index contributed by atoms with van der Waals surface area (Å²) in [6.45, 7) is 7.87. The Morgan fingerprint density at radius 2 is 1.76 bits per heavy atom. The highest BCUT2D eigenvalue weighted by atomic mass is 16.4. The van der Waals surface area contributed by atoms with Crippen LogP contribution in [0.4, 0.5) is 0 Å². The molecule has 0 aromatic rings. The molecule has 3 N–H and O–H groups in total. The third kappa shape index (κ3) is 4.86. The molecule has 33 heavy (non-hydrogen) atoms. The van der Waals surface area contributed by atoms with Crippen LogP contribution in [-0.2, 0) is 9.59 Å². The number of amides is 1. The van der Waals surface area contributed by atoms with Crippen LogP contribution in [0.3, 0.4) is 0 Å². The number of carboxylic acids is 1. The lowest BCUT2D eigenvalue weighted by molar-refractivity contribution is -0.139. The number of rotatable bonds is 9. The lowest BCUT2D eigenvalue weighted by atomic mass is 9.45. The molecule has 4 fully saturated rings. The molecule has 5 nitrogen and oxygen atoms in total. The van der Waals surface area contributed by atoms with E-state index in [2.05, 4.69) is 24.5 Å². The summed E-state index contributed by atoms with van der Waals surface area (Å²) in [7, 11) is 0. The fraction of sp³-hybridized carbons (Fsp3) is 0.929. The summed E-state index contributed by atoms with van der Waals surface area (Å²) >= 11 is 0. The van der Waals surface area contributed by atoms with Crippen LogP contribution in [0.15, 0.2) is 0 Å². The van der Waals surface area contributed by atoms with Crippen LogP contribution in [0, 0.1) is 40.4 Å². The van der Waals surface area contributed by atoms with Crippen molar-refractivity contribution in [2.45, 2.75) is 110 Å². The van der Waals surface area contributed by atoms with Gasteiger partial charge in [-0.05, 0) is 111 Å². The number of nitrogens with one attached hydrogen (secondary N) is 2. The fourth-order valence-electron chi connectivity index (χ4n) is 9.18. The van der Waals surface area contributed by atoms with Crippen LogP contribution in [-0.4, -0.2) is 36.1 Å². The van der Waals surface area contributed by atoms with Gasteiger partial charge in [0, 0.05) is 13.0 Å². The molecule has 4 aliphatic carbocycles. The van der Waals surface area contributed by atoms with Crippen LogP contribution in [0.5, 0.6) is 0 Å². The van der Waals surface area contributed by atoms with Crippen LogP contribution in [0.25, 0.3) is 0 Å². The predicted octanol–water partition coefficient (Wildman–Crippen LogP) is 5.38. The third-order valence-corrected chi connectivity index (χ3v) is 11.0. The molecule has 1 amide bonds. The van der Waals surface area contributed by atoms with Crippen LogP contribution in [0.1, 0.15) is 104 Å². The van der Waals surface area contributed by atoms with Gasteiger partial charge in [-0.15, -0.1) is 0 Å². The third-order valence-electron chi connectivity index (χ3n) is 11.0. The van der Waals surface area contributed by atoms with E-state index in [1.54, 1.807) is 0 Å². The van der Waals surface area contributed by atoms with Crippen molar-refractivity contribution in [1.82, 2.24) is 10.6 Å². The Balaban J connectivity index is 1.28. The van der Waals surface area contributed by atoms with Crippen LogP contribution >= 0.6 is 0 Å². The van der Waals surface area contributed by atoms with E-state index < -0.39 is 12.0 Å². The summed E-state index contributed by atoms with van der Waals surface area (Å²) in [5, 5.41) is 15.0. The monoisotopic (exact) mass is 460 g/mol. The maximum Gasteiger partial charge on any atom is 0.322 e. The Morgan fingerprint density at radius 3 is 2.52 bits per heavy atom. The van der Waals surface area contributed by atoms with Crippen molar-refractivity contribution in [3.63, 3.8) is 0 Å². The number of fused-ring (bicyclic) bond motifs is 5. The summed E-state index contributed by atoms with van der Waals surface area (Å²) in [6.07, 6.45) is 16.9. The van der Waals surface area contributed by atoms with Gasteiger partial charge >= 0.3 is 5.97 Å². The number of aliphatic carboxylic acids is 1. The molecule has 0 radical (unpaired) electrons. The first-order valence-corrected chi connectivity index (χ1v) is 14.0. The maximum absolute atomic E-state index is 12.3. The largest absolute Gasteiger partial charge is 0.480 e. The van der Waals surface area contributed by atoms with Gasteiger partial charge in [-0.3, -0.25) is 9.59 Å². The molecule has 4 aliphatic rings. The molecule has 5 heteroatoms. The van der Waals surface area contributed by atoms with Gasteiger partial charge in [-0.2, -0.15) is 0 Å². The normalized spacial score (nSPS) is 40.9. The standard InChI is InChI=1S/C28H48N2O3/c1-4-29-24(26(32)33)18-30-25(31)10-7-9-20-12-14-22-21-13-11-19-8-5-6-16-27(19,2)23(21)15-17-28(20,22)3/h19-24,29H,4-18H2,1-3H3,(H,30,31)(H,32,33). The lowest BCUT2D eigenvalue weighted by Gasteiger charge is -2.60. The molecule has 0 aliphatic heterocycles. The van der Waals surface area contributed by atoms with Crippen molar-refractivity contribution in [2.75, 3.05) is 13.1 Å². The number of likely N-dealkylation sites (N-methyl/N-ethyl adjacent to an activating group) is 1. The number of hydrogen-bond donors (Lipinski definition) is 3. The number of hydrogen-bond acceptors (Lipinski definition) is 3. The first-order chi connectivity index (χ1) is 15.8. The quantitative estimate of drug-likeness (QED) is 0.431. The number of carboxylic acid groups (broad SMARTS) is 1. The number of carbonyl (C=O) groups excluding carboxylic acids is 1. The molecule has 0 saturated heterocycles. The van der Waals surface area contributed by atoms with E-state index in [1.807, 2.05) is 6.92 Å². The molecule has 0 aromatic heterocycles. The molecule has 0 bridgehead atoms. The van der Waals surface area contributed by atoms with Gasteiger partial charge < -0.3 is 15.7 Å². The highest BCUT2D eigenvalue weighted by Gasteiger charge is 2.59. The first-order valence-electron chi connectivity index (χ1n) is 14.0. The highest BCUT2D eigenvalue weighted by molar-refractivity contribution is 5.78. The van der Waals surface area contributed by atoms with Gasteiger partial charge in [0.15, 0.2) is 0 Å². The Hall–Kier alpha value is -1.10. The zero-order valence-corrected chi connectivity index (χ0v) is 21.3. The van der Waals surface area contributed by atoms with E-state index in [9.17, 15) is 14.7 Å². The van der Waals surface area contributed by atoms with Crippen LogP contribution in [0.2, 0.25) is 0 Å². The molecule has 4 rings (SSSR count). The molecule has 8 unspecified atom stereocenters. The zero-order valence-electron chi connectivity index (χ0n) is 21.3. The SMILES string of the molecule is CCNC(CNC(=O)CCCC1CCC2C3CCC4CCCCC4(C)C3CCC12C)C(=O)O. The maximum atomic E-state index is 12.3. The smallest absolute Gasteiger partial charge is 0.322 e. The molecule has 4 saturated carbocycles. The summed E-state index contributed by atoms with van der Waals surface area (Å²) in [6, 6.07) is -0.704. The first kappa shape index (κ1) is 25.0. The Labute approximate surface area is 201 Å². The van der Waals surface area contributed by atoms with Crippen LogP contribution < -0.4 is 10.6 Å². The average molecular weight is 461 g/mol. The predicted molar refractivity (Wildman–Crippen MR) is 132 cm³/mol. The second kappa shape index (κ2) is 10.3. The Kier molecular flexibility index (Phi) is 7.77.